The van der Waals surface area contributed by atoms with Gasteiger partial charge in [0.15, 0.2) is 0 Å². The standard InChI is InChI=1S/C10H15ClN4O/c1-2-3-4-5-13-9-7(8(12)16)6-14-10(11)15-9/h6H,2-5H2,1H3,(H2,12,16)(H,13,14,15). The molecule has 0 radical (unpaired) electrons. The van der Waals surface area contributed by atoms with Gasteiger partial charge in [-0.2, -0.15) is 4.98 Å². The van der Waals surface area contributed by atoms with Gasteiger partial charge in [0, 0.05) is 12.7 Å². The number of nitrogens with one attached hydrogen (secondary N) is 1. The molecule has 3 N–H and O–H groups in total. The zero-order valence-electron chi connectivity index (χ0n) is 9.16. The highest BCUT2D eigenvalue weighted by atomic mass is 35.5. The van der Waals surface area contributed by atoms with Crippen molar-refractivity contribution in [1.29, 1.82) is 0 Å². The number of halogens is 1. The molecule has 1 aromatic heterocycles. The first kappa shape index (κ1) is 12.7. The molecule has 6 heteroatoms. The van der Waals surface area contributed by atoms with Crippen LogP contribution in [0.1, 0.15) is 36.5 Å². The van der Waals surface area contributed by atoms with Gasteiger partial charge in [-0.25, -0.2) is 4.98 Å². The van der Waals surface area contributed by atoms with Gasteiger partial charge in [0.2, 0.25) is 5.28 Å². The lowest BCUT2D eigenvalue weighted by Crippen LogP contribution is -2.16. The van der Waals surface area contributed by atoms with Gasteiger partial charge in [0.25, 0.3) is 5.91 Å². The van der Waals surface area contributed by atoms with Crippen molar-refractivity contribution >= 4 is 23.3 Å². The van der Waals surface area contributed by atoms with Gasteiger partial charge in [-0.1, -0.05) is 19.8 Å². The summed E-state index contributed by atoms with van der Waals surface area (Å²) in [6.07, 6.45) is 4.60. The molecule has 0 saturated carbocycles. The van der Waals surface area contributed by atoms with Crippen LogP contribution in [0.25, 0.3) is 0 Å². The molecule has 0 aliphatic rings. The molecule has 0 fully saturated rings. The number of nitrogens with zero attached hydrogens (tertiary/aromatic N) is 2. The number of nitrogens with two attached hydrogens (primary N) is 1. The van der Waals surface area contributed by atoms with Crippen LogP contribution in [-0.4, -0.2) is 22.4 Å². The van der Waals surface area contributed by atoms with E-state index in [-0.39, 0.29) is 10.8 Å². The second-order valence-corrected chi connectivity index (χ2v) is 3.74. The molecule has 1 heterocycles. The Bertz CT molecular complexity index is 370. The summed E-state index contributed by atoms with van der Waals surface area (Å²) in [6, 6.07) is 0. The van der Waals surface area contributed by atoms with Crippen LogP contribution >= 0.6 is 11.6 Å². The van der Waals surface area contributed by atoms with Crippen LogP contribution < -0.4 is 11.1 Å². The minimum Gasteiger partial charge on any atom is -0.369 e. The second kappa shape index (κ2) is 6.27. The molecule has 0 bridgehead atoms. The summed E-state index contributed by atoms with van der Waals surface area (Å²) < 4.78 is 0. The molecule has 0 aromatic carbocycles. The van der Waals surface area contributed by atoms with Crippen molar-refractivity contribution in [2.75, 3.05) is 11.9 Å². The molecule has 1 aromatic rings. The van der Waals surface area contributed by atoms with Gasteiger partial charge in [-0.05, 0) is 18.0 Å². The van der Waals surface area contributed by atoms with E-state index >= 15 is 0 Å². The lowest BCUT2D eigenvalue weighted by atomic mass is 10.2. The van der Waals surface area contributed by atoms with E-state index < -0.39 is 5.91 Å². The van der Waals surface area contributed by atoms with Gasteiger partial charge >= 0.3 is 0 Å². The van der Waals surface area contributed by atoms with E-state index in [1.54, 1.807) is 0 Å². The topological polar surface area (TPSA) is 80.9 Å². The van der Waals surface area contributed by atoms with Crippen LogP contribution in [0.2, 0.25) is 5.28 Å². The number of primary amides is 1. The lowest BCUT2D eigenvalue weighted by molar-refractivity contribution is 0.100. The Balaban J connectivity index is 2.68. The van der Waals surface area contributed by atoms with Crippen LogP contribution in [0.4, 0.5) is 5.82 Å². The van der Waals surface area contributed by atoms with Gasteiger partial charge in [0.1, 0.15) is 5.82 Å². The third-order valence-corrected chi connectivity index (χ3v) is 2.28. The molecule has 1 amide bonds. The van der Waals surface area contributed by atoms with E-state index in [9.17, 15) is 4.79 Å². The average molecular weight is 243 g/mol. The van der Waals surface area contributed by atoms with E-state index in [4.69, 9.17) is 17.3 Å². The van der Waals surface area contributed by atoms with Gasteiger partial charge in [-0.3, -0.25) is 4.79 Å². The van der Waals surface area contributed by atoms with Gasteiger partial charge in [0.05, 0.1) is 5.56 Å². The zero-order chi connectivity index (χ0) is 12.0. The van der Waals surface area contributed by atoms with E-state index in [0.29, 0.717) is 5.82 Å². The Labute approximate surface area is 99.4 Å². The first-order valence-electron chi connectivity index (χ1n) is 5.21. The highest BCUT2D eigenvalue weighted by Gasteiger charge is 2.10. The smallest absolute Gasteiger partial charge is 0.254 e. The van der Waals surface area contributed by atoms with Gasteiger partial charge < -0.3 is 11.1 Å². The second-order valence-electron chi connectivity index (χ2n) is 3.40. The summed E-state index contributed by atoms with van der Waals surface area (Å²) in [6.45, 7) is 2.86. The van der Waals surface area contributed by atoms with Crippen molar-refractivity contribution in [2.45, 2.75) is 26.2 Å². The number of amides is 1. The maximum absolute atomic E-state index is 11.1. The summed E-state index contributed by atoms with van der Waals surface area (Å²) in [5.74, 6) is -0.154. The minimum atomic E-state index is -0.561. The first-order chi connectivity index (χ1) is 7.65. The minimum absolute atomic E-state index is 0.1000. The number of hydrogen-bond donors (Lipinski definition) is 2. The fraction of sp³-hybridized carbons (Fsp3) is 0.500. The Morgan fingerprint density at radius 2 is 2.31 bits per heavy atom. The third kappa shape index (κ3) is 3.66. The predicted molar refractivity (Wildman–Crippen MR) is 63.6 cm³/mol. The molecule has 0 aliphatic heterocycles. The molecule has 5 nitrogen and oxygen atoms in total. The number of rotatable bonds is 6. The highest BCUT2D eigenvalue weighted by Crippen LogP contribution is 2.13. The van der Waals surface area contributed by atoms with Crippen LogP contribution in [0.5, 0.6) is 0 Å². The summed E-state index contributed by atoms with van der Waals surface area (Å²) in [7, 11) is 0. The van der Waals surface area contributed by atoms with E-state index in [1.165, 1.54) is 6.20 Å². The summed E-state index contributed by atoms with van der Waals surface area (Å²) in [5.41, 5.74) is 5.46. The quantitative estimate of drug-likeness (QED) is 0.589. The molecule has 0 saturated heterocycles. The highest BCUT2D eigenvalue weighted by molar-refractivity contribution is 6.28. The summed E-state index contributed by atoms with van der Waals surface area (Å²) >= 11 is 5.65. The number of aromatic nitrogens is 2. The summed E-state index contributed by atoms with van der Waals surface area (Å²) in [5, 5.41) is 3.13. The molecule has 0 aliphatic carbocycles. The molecular weight excluding hydrogens is 228 g/mol. The largest absolute Gasteiger partial charge is 0.369 e. The Morgan fingerprint density at radius 3 is 2.94 bits per heavy atom. The first-order valence-corrected chi connectivity index (χ1v) is 5.59. The van der Waals surface area contributed by atoms with Crippen molar-refractivity contribution in [1.82, 2.24) is 9.97 Å². The molecule has 0 atom stereocenters. The van der Waals surface area contributed by atoms with E-state index in [0.717, 1.165) is 25.8 Å². The molecule has 16 heavy (non-hydrogen) atoms. The fourth-order valence-electron chi connectivity index (χ4n) is 1.26. The van der Waals surface area contributed by atoms with E-state index in [2.05, 4.69) is 22.2 Å². The van der Waals surface area contributed by atoms with Crippen molar-refractivity contribution < 1.29 is 4.79 Å². The predicted octanol–water partition coefficient (Wildman–Crippen LogP) is 1.83. The number of unbranched alkanes of at least 4 members (excludes halogenated alkanes) is 2. The zero-order valence-corrected chi connectivity index (χ0v) is 9.92. The maximum Gasteiger partial charge on any atom is 0.254 e. The Morgan fingerprint density at radius 1 is 1.56 bits per heavy atom. The normalized spacial score (nSPS) is 10.1. The molecule has 0 unspecified atom stereocenters. The van der Waals surface area contributed by atoms with Crippen molar-refractivity contribution in [3.05, 3.63) is 17.0 Å². The molecule has 88 valence electrons. The fourth-order valence-corrected chi connectivity index (χ4v) is 1.39. The SMILES string of the molecule is CCCCCNc1nc(Cl)ncc1C(N)=O. The molecular formula is C10H15ClN4O. The van der Waals surface area contributed by atoms with Crippen LogP contribution in [0.3, 0.4) is 0 Å². The number of anilines is 1. The maximum atomic E-state index is 11.1. The van der Waals surface area contributed by atoms with Crippen LogP contribution in [0.15, 0.2) is 6.20 Å². The number of carbonyl (C=O) groups excluding carboxylic acids is 1. The van der Waals surface area contributed by atoms with Crippen LogP contribution in [0, 0.1) is 0 Å². The van der Waals surface area contributed by atoms with Crippen molar-refractivity contribution in [2.24, 2.45) is 5.73 Å². The van der Waals surface area contributed by atoms with Gasteiger partial charge in [-0.15, -0.1) is 0 Å². The molecule has 0 spiro atoms. The third-order valence-electron chi connectivity index (χ3n) is 2.10. The Kier molecular flexibility index (Phi) is 4.98. The van der Waals surface area contributed by atoms with Crippen LogP contribution in [-0.2, 0) is 0 Å². The average Bonchev–Trinajstić information content (AvgIpc) is 2.24. The number of carbonyl (C=O) groups is 1. The lowest BCUT2D eigenvalue weighted by Gasteiger charge is -2.08. The molecule has 1 rings (SSSR count). The van der Waals surface area contributed by atoms with Crippen molar-refractivity contribution in [3.63, 3.8) is 0 Å². The van der Waals surface area contributed by atoms with Crippen molar-refractivity contribution in [3.8, 4) is 0 Å². The summed E-state index contributed by atoms with van der Waals surface area (Å²) in [4.78, 5) is 18.7. The number of hydrogen-bond acceptors (Lipinski definition) is 4. The Hall–Kier alpha value is -1.36. The monoisotopic (exact) mass is 242 g/mol. The van der Waals surface area contributed by atoms with E-state index in [1.807, 2.05) is 0 Å².